The molecule has 0 aliphatic heterocycles. The Morgan fingerprint density at radius 3 is 2.65 bits per heavy atom. The lowest BCUT2D eigenvalue weighted by Crippen LogP contribution is -2.04. The molecule has 6 heteroatoms. The Balaban J connectivity index is 2.66. The average Bonchev–Trinajstić information content (AvgIpc) is 2.57. The van der Waals surface area contributed by atoms with Crippen LogP contribution >= 0.6 is 15.9 Å². The van der Waals surface area contributed by atoms with Crippen LogP contribution in [0.15, 0.2) is 28.7 Å². The van der Waals surface area contributed by atoms with E-state index in [0.29, 0.717) is 10.2 Å². The molecule has 2 aromatic rings. The zero-order valence-electron chi connectivity index (χ0n) is 8.82. The van der Waals surface area contributed by atoms with Crippen LogP contribution in [0.3, 0.4) is 0 Å². The van der Waals surface area contributed by atoms with Gasteiger partial charge in [-0.15, -0.1) is 0 Å². The molecule has 88 valence electrons. The van der Waals surface area contributed by atoms with Crippen LogP contribution in [0.4, 0.5) is 4.39 Å². The van der Waals surface area contributed by atoms with Crippen LogP contribution in [0.2, 0.25) is 0 Å². The van der Waals surface area contributed by atoms with Gasteiger partial charge in [0, 0.05) is 0 Å². The predicted molar refractivity (Wildman–Crippen MR) is 62.9 cm³/mol. The number of nitrogens with zero attached hydrogens (tertiary/aromatic N) is 2. The molecule has 0 radical (unpaired) electrons. The summed E-state index contributed by atoms with van der Waals surface area (Å²) in [6.07, 6.45) is 0. The number of para-hydroxylation sites is 1. The maximum absolute atomic E-state index is 13.6. The summed E-state index contributed by atoms with van der Waals surface area (Å²) < 4.78 is 15.2. The van der Waals surface area contributed by atoms with Crippen molar-refractivity contribution in [3.63, 3.8) is 0 Å². The lowest BCUT2D eigenvalue weighted by atomic mass is 10.3. The molecule has 0 aliphatic rings. The summed E-state index contributed by atoms with van der Waals surface area (Å²) in [7, 11) is 0. The van der Waals surface area contributed by atoms with E-state index in [9.17, 15) is 9.18 Å². The van der Waals surface area contributed by atoms with Crippen LogP contribution in [0.25, 0.3) is 5.69 Å². The first-order valence-electron chi connectivity index (χ1n) is 4.75. The summed E-state index contributed by atoms with van der Waals surface area (Å²) in [5.74, 6) is -1.61. The second-order valence-electron chi connectivity index (χ2n) is 3.42. The van der Waals surface area contributed by atoms with Crippen molar-refractivity contribution < 1.29 is 14.3 Å². The molecule has 0 atom stereocenters. The van der Waals surface area contributed by atoms with Crippen molar-refractivity contribution in [2.75, 3.05) is 0 Å². The quantitative estimate of drug-likeness (QED) is 0.927. The lowest BCUT2D eigenvalue weighted by Gasteiger charge is -2.04. The van der Waals surface area contributed by atoms with E-state index >= 15 is 0 Å². The van der Waals surface area contributed by atoms with E-state index in [1.807, 2.05) is 0 Å². The Labute approximate surface area is 105 Å². The van der Waals surface area contributed by atoms with Gasteiger partial charge >= 0.3 is 5.97 Å². The van der Waals surface area contributed by atoms with Crippen LogP contribution < -0.4 is 0 Å². The monoisotopic (exact) mass is 298 g/mol. The summed E-state index contributed by atoms with van der Waals surface area (Å²) in [5, 5.41) is 12.8. The van der Waals surface area contributed by atoms with Crippen molar-refractivity contribution in [3.05, 3.63) is 45.9 Å². The Hall–Kier alpha value is -1.69. The fourth-order valence-corrected chi connectivity index (χ4v) is 1.89. The Morgan fingerprint density at radius 1 is 1.47 bits per heavy atom. The fraction of sp³-hybridized carbons (Fsp3) is 0.0909. The summed E-state index contributed by atoms with van der Waals surface area (Å²) in [6, 6.07) is 6.05. The first-order chi connectivity index (χ1) is 8.02. The van der Waals surface area contributed by atoms with Gasteiger partial charge in [0.25, 0.3) is 0 Å². The molecule has 2 rings (SSSR count). The first kappa shape index (κ1) is 11.8. The second-order valence-corrected chi connectivity index (χ2v) is 4.21. The zero-order chi connectivity index (χ0) is 12.6. The zero-order valence-corrected chi connectivity index (χ0v) is 10.4. The summed E-state index contributed by atoms with van der Waals surface area (Å²) in [6.45, 7) is 1.66. The van der Waals surface area contributed by atoms with E-state index < -0.39 is 11.8 Å². The van der Waals surface area contributed by atoms with Gasteiger partial charge in [-0.05, 0) is 35.0 Å². The highest BCUT2D eigenvalue weighted by atomic mass is 79.9. The molecular weight excluding hydrogens is 291 g/mol. The van der Waals surface area contributed by atoms with Crippen LogP contribution in [0, 0.1) is 12.7 Å². The van der Waals surface area contributed by atoms with Crippen molar-refractivity contribution in [1.82, 2.24) is 9.78 Å². The van der Waals surface area contributed by atoms with Gasteiger partial charge in [-0.2, -0.15) is 5.10 Å². The predicted octanol–water partition coefficient (Wildman–Crippen LogP) is 2.78. The lowest BCUT2D eigenvalue weighted by molar-refractivity contribution is 0.0689. The number of aromatic carboxylic acids is 1. The third-order valence-electron chi connectivity index (χ3n) is 2.33. The minimum Gasteiger partial charge on any atom is -0.476 e. The maximum atomic E-state index is 13.6. The van der Waals surface area contributed by atoms with Gasteiger partial charge in [-0.3, -0.25) is 0 Å². The van der Waals surface area contributed by atoms with Crippen LogP contribution in [-0.2, 0) is 0 Å². The van der Waals surface area contributed by atoms with E-state index in [1.165, 1.54) is 16.8 Å². The van der Waals surface area contributed by atoms with Crippen molar-refractivity contribution in [1.29, 1.82) is 0 Å². The van der Waals surface area contributed by atoms with Gasteiger partial charge < -0.3 is 5.11 Å². The molecule has 0 saturated carbocycles. The molecule has 0 fully saturated rings. The molecule has 17 heavy (non-hydrogen) atoms. The van der Waals surface area contributed by atoms with Crippen molar-refractivity contribution in [2.24, 2.45) is 0 Å². The topological polar surface area (TPSA) is 55.1 Å². The highest BCUT2D eigenvalue weighted by Gasteiger charge is 2.19. The van der Waals surface area contributed by atoms with E-state index in [2.05, 4.69) is 21.0 Å². The Morgan fingerprint density at radius 2 is 2.12 bits per heavy atom. The number of carbonyl (C=O) groups is 1. The van der Waals surface area contributed by atoms with E-state index in [1.54, 1.807) is 19.1 Å². The molecule has 4 nitrogen and oxygen atoms in total. The van der Waals surface area contributed by atoms with Gasteiger partial charge in [0.1, 0.15) is 11.5 Å². The normalized spacial score (nSPS) is 10.5. The Bertz CT molecular complexity index is 595. The minimum atomic E-state index is -1.16. The summed E-state index contributed by atoms with van der Waals surface area (Å²) in [5.41, 5.74) is 0.622. The van der Waals surface area contributed by atoms with Crippen molar-refractivity contribution in [3.8, 4) is 5.69 Å². The second kappa shape index (κ2) is 4.29. The molecule has 1 aromatic carbocycles. The highest BCUT2D eigenvalue weighted by Crippen LogP contribution is 2.24. The van der Waals surface area contributed by atoms with Gasteiger partial charge in [-0.1, -0.05) is 12.1 Å². The maximum Gasteiger partial charge on any atom is 0.357 e. The average molecular weight is 299 g/mol. The van der Waals surface area contributed by atoms with Gasteiger partial charge in [0.15, 0.2) is 5.69 Å². The van der Waals surface area contributed by atoms with Crippen LogP contribution in [0.1, 0.15) is 16.2 Å². The SMILES string of the molecule is Cc1c(Br)c(C(=O)O)nn1-c1ccccc1F. The molecule has 0 aliphatic carbocycles. The van der Waals surface area contributed by atoms with Crippen molar-refractivity contribution in [2.45, 2.75) is 6.92 Å². The number of hydrogen-bond donors (Lipinski definition) is 1. The standard InChI is InChI=1S/C11H8BrFN2O2/c1-6-9(12)10(11(16)17)14-15(6)8-5-3-2-4-7(8)13/h2-5H,1H3,(H,16,17). The fourth-order valence-electron chi connectivity index (χ4n) is 1.48. The number of rotatable bonds is 2. The molecular formula is C11H8BrFN2O2. The number of carboxylic acid groups (broad SMARTS) is 1. The third-order valence-corrected chi connectivity index (χ3v) is 3.28. The smallest absolute Gasteiger partial charge is 0.357 e. The van der Waals surface area contributed by atoms with Crippen molar-refractivity contribution >= 4 is 21.9 Å². The largest absolute Gasteiger partial charge is 0.476 e. The number of aromatic nitrogens is 2. The van der Waals surface area contributed by atoms with Crippen LogP contribution in [-0.4, -0.2) is 20.9 Å². The summed E-state index contributed by atoms with van der Waals surface area (Å²) >= 11 is 3.14. The Kier molecular flexibility index (Phi) is 2.97. The molecule has 0 spiro atoms. The third kappa shape index (κ3) is 1.95. The first-order valence-corrected chi connectivity index (χ1v) is 5.55. The van der Waals surface area contributed by atoms with Gasteiger partial charge in [0.05, 0.1) is 10.2 Å². The number of hydrogen-bond acceptors (Lipinski definition) is 2. The van der Waals surface area contributed by atoms with E-state index in [-0.39, 0.29) is 11.4 Å². The van der Waals surface area contributed by atoms with Gasteiger partial charge in [-0.25, -0.2) is 13.9 Å². The number of carboxylic acids is 1. The highest BCUT2D eigenvalue weighted by molar-refractivity contribution is 9.10. The molecule has 0 bridgehead atoms. The number of benzene rings is 1. The van der Waals surface area contributed by atoms with Gasteiger partial charge in [0.2, 0.25) is 0 Å². The summed E-state index contributed by atoms with van der Waals surface area (Å²) in [4.78, 5) is 10.9. The molecule has 0 unspecified atom stereocenters. The molecule has 0 saturated heterocycles. The minimum absolute atomic E-state index is 0.134. The molecule has 1 N–H and O–H groups in total. The van der Waals surface area contributed by atoms with Crippen LogP contribution in [0.5, 0.6) is 0 Å². The molecule has 1 heterocycles. The van der Waals surface area contributed by atoms with E-state index in [4.69, 9.17) is 5.11 Å². The van der Waals surface area contributed by atoms with E-state index in [0.717, 1.165) is 0 Å². The molecule has 0 amide bonds. The number of halogens is 2. The molecule has 1 aromatic heterocycles.